The summed E-state index contributed by atoms with van der Waals surface area (Å²) in [4.78, 5) is 19.4. The second-order valence-electron chi connectivity index (χ2n) is 11.8. The van der Waals surface area contributed by atoms with Crippen molar-refractivity contribution >= 4 is 40.3 Å². The second-order valence-corrected chi connectivity index (χ2v) is 13.1. The molecule has 0 bridgehead atoms. The van der Waals surface area contributed by atoms with E-state index in [1.807, 2.05) is 18.2 Å². The molecule has 0 atom stereocenters. The first-order valence-corrected chi connectivity index (χ1v) is 14.7. The van der Waals surface area contributed by atoms with Crippen molar-refractivity contribution in [3.8, 4) is 11.3 Å². The van der Waals surface area contributed by atoms with Gasteiger partial charge in [-0.05, 0) is 78.1 Å². The van der Waals surface area contributed by atoms with Crippen molar-refractivity contribution in [2.75, 3.05) is 25.5 Å². The minimum Gasteiger partial charge on any atom is -0.465 e. The Morgan fingerprint density at radius 1 is 1.05 bits per heavy atom. The number of esters is 1. The monoisotopic (exact) mass is 547 g/mol. The minimum atomic E-state index is -0.375. The van der Waals surface area contributed by atoms with Crippen molar-refractivity contribution in [1.82, 2.24) is 9.88 Å². The molecule has 1 aliphatic carbocycles. The van der Waals surface area contributed by atoms with E-state index in [4.69, 9.17) is 21.9 Å². The molecule has 0 spiro atoms. The van der Waals surface area contributed by atoms with Gasteiger partial charge < -0.3 is 15.0 Å². The predicted molar refractivity (Wildman–Crippen MR) is 160 cm³/mol. The minimum absolute atomic E-state index is 0.191. The Bertz CT molecular complexity index is 1350. The van der Waals surface area contributed by atoms with Gasteiger partial charge in [-0.2, -0.15) is 0 Å². The van der Waals surface area contributed by atoms with Crippen molar-refractivity contribution in [2.24, 2.45) is 0 Å². The van der Waals surface area contributed by atoms with Gasteiger partial charge in [0.25, 0.3) is 0 Å². The van der Waals surface area contributed by atoms with E-state index >= 15 is 0 Å². The van der Waals surface area contributed by atoms with Crippen LogP contribution < -0.4 is 5.32 Å². The summed E-state index contributed by atoms with van der Waals surface area (Å²) >= 11 is 7.47. The van der Waals surface area contributed by atoms with Gasteiger partial charge in [0, 0.05) is 30.0 Å². The molecule has 1 N–H and O–H groups in total. The summed E-state index contributed by atoms with van der Waals surface area (Å²) in [6.45, 7) is 11.2. The maximum atomic E-state index is 12.1. The Morgan fingerprint density at radius 2 is 1.74 bits per heavy atom. The number of rotatable bonds is 4. The van der Waals surface area contributed by atoms with Crippen LogP contribution in [0.25, 0.3) is 11.3 Å². The number of carbonyl (C=O) groups is 1. The average molecular weight is 548 g/mol. The van der Waals surface area contributed by atoms with Crippen LogP contribution in [0.15, 0.2) is 47.8 Å². The molecule has 1 aromatic heterocycles. The van der Waals surface area contributed by atoms with Gasteiger partial charge in [0.1, 0.15) is 0 Å². The van der Waals surface area contributed by atoms with Crippen molar-refractivity contribution in [3.05, 3.63) is 69.5 Å². The zero-order chi connectivity index (χ0) is 27.1. The number of piperidine rings is 1. The molecule has 0 amide bonds. The summed E-state index contributed by atoms with van der Waals surface area (Å²) in [7, 11) is 1.39. The van der Waals surface area contributed by atoms with Crippen LogP contribution in [0.5, 0.6) is 0 Å². The third-order valence-electron chi connectivity index (χ3n) is 8.38. The maximum absolute atomic E-state index is 12.1. The number of fused-ring (bicyclic) bond motifs is 1. The molecular formula is C31H37N3O2S2. The molecule has 0 radical (unpaired) electrons. The van der Waals surface area contributed by atoms with Crippen molar-refractivity contribution in [2.45, 2.75) is 70.1 Å². The molecular weight excluding hydrogens is 510 g/mol. The Labute approximate surface area is 235 Å². The molecule has 2 heterocycles. The quantitative estimate of drug-likeness (QED) is 0.269. The molecule has 3 aromatic rings. The third-order valence-corrected chi connectivity index (χ3v) is 9.74. The van der Waals surface area contributed by atoms with Gasteiger partial charge in [-0.25, -0.2) is 9.78 Å². The number of methoxy groups -OCH3 is 1. The first-order valence-electron chi connectivity index (χ1n) is 13.4. The number of thiocarbonyl (C=S) groups is 1. The van der Waals surface area contributed by atoms with Crippen LogP contribution in [-0.4, -0.2) is 41.2 Å². The highest BCUT2D eigenvalue weighted by atomic mass is 32.1. The lowest BCUT2D eigenvalue weighted by Crippen LogP contribution is -2.40. The predicted octanol–water partition coefficient (Wildman–Crippen LogP) is 7.52. The van der Waals surface area contributed by atoms with E-state index in [1.165, 1.54) is 41.6 Å². The second kappa shape index (κ2) is 10.4. The number of nitrogens with zero attached hydrogens (tertiary/aromatic N) is 2. The summed E-state index contributed by atoms with van der Waals surface area (Å²) in [5.41, 5.74) is 6.85. The molecule has 5 nitrogen and oxygen atoms in total. The van der Waals surface area contributed by atoms with Crippen molar-refractivity contribution in [3.63, 3.8) is 0 Å². The number of benzene rings is 2. The van der Waals surface area contributed by atoms with Crippen LogP contribution in [0, 0.1) is 0 Å². The van der Waals surface area contributed by atoms with E-state index in [1.54, 1.807) is 17.4 Å². The van der Waals surface area contributed by atoms with E-state index in [9.17, 15) is 4.79 Å². The van der Waals surface area contributed by atoms with Crippen LogP contribution in [0.4, 0.5) is 5.69 Å². The topological polar surface area (TPSA) is 54.5 Å². The van der Waals surface area contributed by atoms with E-state index in [0.29, 0.717) is 22.3 Å². The molecule has 7 heteroatoms. The SMILES string of the molecule is COC(=O)c1ccccc1NC(=S)N1CCC(c2nc(-c3ccc4c(c3)C(C)(C)CCC4(C)C)cs2)CC1. The normalized spacial score (nSPS) is 18.5. The number of carbonyl (C=O) groups excluding carboxylic acids is 1. The van der Waals surface area contributed by atoms with Gasteiger partial charge in [-0.3, -0.25) is 0 Å². The van der Waals surface area contributed by atoms with Crippen LogP contribution in [0.2, 0.25) is 0 Å². The van der Waals surface area contributed by atoms with Crippen molar-refractivity contribution in [1.29, 1.82) is 0 Å². The number of nitrogens with one attached hydrogen (secondary N) is 1. The number of anilines is 1. The molecule has 1 fully saturated rings. The lowest BCUT2D eigenvalue weighted by Gasteiger charge is -2.42. The first-order chi connectivity index (χ1) is 18.1. The smallest absolute Gasteiger partial charge is 0.339 e. The van der Waals surface area contributed by atoms with Gasteiger partial charge in [-0.1, -0.05) is 52.0 Å². The number of ether oxygens (including phenoxy) is 1. The number of para-hydroxylation sites is 1. The Morgan fingerprint density at radius 3 is 2.45 bits per heavy atom. The van der Waals surface area contributed by atoms with Gasteiger partial charge in [0.05, 0.1) is 29.1 Å². The molecule has 2 aromatic carbocycles. The average Bonchev–Trinajstić information content (AvgIpc) is 3.41. The largest absolute Gasteiger partial charge is 0.465 e. The zero-order valence-electron chi connectivity index (χ0n) is 23.0. The molecule has 5 rings (SSSR count). The number of hydrogen-bond donors (Lipinski definition) is 1. The number of hydrogen-bond acceptors (Lipinski definition) is 5. The number of likely N-dealkylation sites (tertiary alicyclic amines) is 1. The zero-order valence-corrected chi connectivity index (χ0v) is 24.6. The summed E-state index contributed by atoms with van der Waals surface area (Å²) in [6, 6.07) is 14.3. The van der Waals surface area contributed by atoms with Gasteiger partial charge in [0.15, 0.2) is 5.11 Å². The molecule has 0 unspecified atom stereocenters. The highest BCUT2D eigenvalue weighted by Crippen LogP contribution is 2.47. The maximum Gasteiger partial charge on any atom is 0.339 e. The number of aromatic nitrogens is 1. The fourth-order valence-electron chi connectivity index (χ4n) is 5.76. The lowest BCUT2D eigenvalue weighted by molar-refractivity contribution is 0.0602. The van der Waals surface area contributed by atoms with Crippen molar-refractivity contribution < 1.29 is 9.53 Å². The standard InChI is InChI=1S/C31H37N3O2S2/c1-30(2)14-15-31(3,4)24-18-21(10-11-23(24)30)26-19-38-27(32-26)20-12-16-34(17-13-20)29(37)33-25-9-7-6-8-22(25)28(35)36-5/h6-11,18-20H,12-17H2,1-5H3,(H,33,37). The molecule has 0 saturated carbocycles. The molecule has 38 heavy (non-hydrogen) atoms. The fourth-order valence-corrected chi connectivity index (χ4v) is 7.05. The van der Waals surface area contributed by atoms with Gasteiger partial charge in [0.2, 0.25) is 0 Å². The van der Waals surface area contributed by atoms with Gasteiger partial charge in [-0.15, -0.1) is 11.3 Å². The van der Waals surface area contributed by atoms with E-state index < -0.39 is 0 Å². The van der Waals surface area contributed by atoms with Crippen LogP contribution in [0.3, 0.4) is 0 Å². The van der Waals surface area contributed by atoms with Crippen LogP contribution in [-0.2, 0) is 15.6 Å². The Hall–Kier alpha value is -2.77. The lowest BCUT2D eigenvalue weighted by atomic mass is 9.63. The summed E-state index contributed by atoms with van der Waals surface area (Å²) in [5.74, 6) is 0.0588. The van der Waals surface area contributed by atoms with Crippen LogP contribution >= 0.6 is 23.6 Å². The Balaban J connectivity index is 1.25. The molecule has 1 aliphatic heterocycles. The summed E-state index contributed by atoms with van der Waals surface area (Å²) in [6.07, 6.45) is 4.43. The molecule has 200 valence electrons. The number of thiazole rings is 1. The highest BCUT2D eigenvalue weighted by molar-refractivity contribution is 7.80. The van der Waals surface area contributed by atoms with E-state index in [2.05, 4.69) is 61.5 Å². The molecule has 2 aliphatic rings. The summed E-state index contributed by atoms with van der Waals surface area (Å²) in [5, 5.41) is 7.33. The summed E-state index contributed by atoms with van der Waals surface area (Å²) < 4.78 is 4.91. The first kappa shape index (κ1) is 26.8. The van der Waals surface area contributed by atoms with Gasteiger partial charge >= 0.3 is 5.97 Å². The third kappa shape index (κ3) is 5.23. The van der Waals surface area contributed by atoms with Crippen LogP contribution in [0.1, 0.15) is 85.8 Å². The Kier molecular flexibility index (Phi) is 7.35. The fraction of sp³-hybridized carbons (Fsp3) is 0.452. The highest BCUT2D eigenvalue weighted by Gasteiger charge is 2.37. The molecule has 1 saturated heterocycles. The van der Waals surface area contributed by atoms with E-state index in [0.717, 1.165) is 31.6 Å². The van der Waals surface area contributed by atoms with E-state index in [-0.39, 0.29) is 16.8 Å².